The summed E-state index contributed by atoms with van der Waals surface area (Å²) in [5.41, 5.74) is 0.937. The molecule has 1 N–H and O–H groups in total. The number of amides is 2. The molecule has 0 saturated heterocycles. The normalized spacial score (nSPS) is 13.6. The summed E-state index contributed by atoms with van der Waals surface area (Å²) >= 11 is 0. The number of anilines is 1. The second-order valence-electron chi connectivity index (χ2n) is 8.30. The Morgan fingerprint density at radius 2 is 1.73 bits per heavy atom. The SMILES string of the molecule is CN(C(=O)[C@H](CCc1ccccc1)N(C(=O)O)C(C)(C)C)c1ccc2c(c1)OCO2. The van der Waals surface area contributed by atoms with Crippen LogP contribution in [-0.4, -0.2) is 47.4 Å². The molecule has 0 radical (unpaired) electrons. The molecular weight excluding hydrogens is 384 g/mol. The summed E-state index contributed by atoms with van der Waals surface area (Å²) in [6, 6.07) is 14.2. The number of rotatable bonds is 6. The van der Waals surface area contributed by atoms with Crippen LogP contribution in [0, 0.1) is 0 Å². The van der Waals surface area contributed by atoms with Gasteiger partial charge in [0.2, 0.25) is 12.7 Å². The van der Waals surface area contributed by atoms with Crippen molar-refractivity contribution in [3.8, 4) is 11.5 Å². The van der Waals surface area contributed by atoms with Crippen LogP contribution in [0.2, 0.25) is 0 Å². The zero-order valence-electron chi connectivity index (χ0n) is 17.8. The Balaban J connectivity index is 1.89. The third-order valence-corrected chi connectivity index (χ3v) is 5.15. The number of ether oxygens (including phenoxy) is 2. The second-order valence-corrected chi connectivity index (χ2v) is 8.30. The van der Waals surface area contributed by atoms with Crippen LogP contribution in [0.5, 0.6) is 11.5 Å². The molecule has 2 aromatic rings. The van der Waals surface area contributed by atoms with Gasteiger partial charge in [-0.05, 0) is 51.3 Å². The lowest BCUT2D eigenvalue weighted by atomic mass is 9.97. The number of hydrogen-bond donors (Lipinski definition) is 1. The maximum atomic E-state index is 13.5. The van der Waals surface area contributed by atoms with Crippen molar-refractivity contribution in [2.75, 3.05) is 18.7 Å². The van der Waals surface area contributed by atoms with Crippen LogP contribution >= 0.6 is 0 Å². The van der Waals surface area contributed by atoms with Crippen LogP contribution in [0.1, 0.15) is 32.8 Å². The van der Waals surface area contributed by atoms with Crippen molar-refractivity contribution in [2.45, 2.75) is 45.2 Å². The highest BCUT2D eigenvalue weighted by Gasteiger charge is 2.38. The van der Waals surface area contributed by atoms with E-state index in [0.29, 0.717) is 30.0 Å². The van der Waals surface area contributed by atoms with E-state index >= 15 is 0 Å². The molecule has 0 bridgehead atoms. The van der Waals surface area contributed by atoms with Gasteiger partial charge >= 0.3 is 6.09 Å². The van der Waals surface area contributed by atoms with Crippen molar-refractivity contribution < 1.29 is 24.2 Å². The van der Waals surface area contributed by atoms with Gasteiger partial charge in [0.05, 0.1) is 0 Å². The highest BCUT2D eigenvalue weighted by atomic mass is 16.7. The first-order valence-corrected chi connectivity index (χ1v) is 9.92. The van der Waals surface area contributed by atoms with Crippen molar-refractivity contribution >= 4 is 17.7 Å². The summed E-state index contributed by atoms with van der Waals surface area (Å²) in [7, 11) is 1.65. The van der Waals surface area contributed by atoms with Gasteiger partial charge in [-0.2, -0.15) is 0 Å². The van der Waals surface area contributed by atoms with Crippen LogP contribution in [0.25, 0.3) is 0 Å². The molecule has 7 nitrogen and oxygen atoms in total. The van der Waals surface area contributed by atoms with E-state index < -0.39 is 17.7 Å². The van der Waals surface area contributed by atoms with Crippen LogP contribution in [-0.2, 0) is 11.2 Å². The van der Waals surface area contributed by atoms with Crippen LogP contribution in [0.15, 0.2) is 48.5 Å². The summed E-state index contributed by atoms with van der Waals surface area (Å²) in [4.78, 5) is 28.4. The Kier molecular flexibility index (Phi) is 6.20. The average Bonchev–Trinajstić information content (AvgIpc) is 3.17. The fourth-order valence-electron chi connectivity index (χ4n) is 3.64. The number of fused-ring (bicyclic) bond motifs is 1. The van der Waals surface area contributed by atoms with Gasteiger partial charge in [-0.3, -0.25) is 9.69 Å². The fourth-order valence-corrected chi connectivity index (χ4v) is 3.64. The predicted molar refractivity (Wildman–Crippen MR) is 114 cm³/mol. The highest BCUT2D eigenvalue weighted by Crippen LogP contribution is 2.35. The lowest BCUT2D eigenvalue weighted by Gasteiger charge is -2.40. The number of aryl methyl sites for hydroxylation is 1. The molecule has 0 aromatic heterocycles. The number of likely N-dealkylation sites (N-methyl/N-ethyl adjacent to an activating group) is 1. The second kappa shape index (κ2) is 8.65. The monoisotopic (exact) mass is 412 g/mol. The van der Waals surface area contributed by atoms with E-state index in [1.807, 2.05) is 30.3 Å². The smallest absolute Gasteiger partial charge is 0.408 e. The first kappa shape index (κ1) is 21.5. The number of carbonyl (C=O) groups excluding carboxylic acids is 1. The Bertz CT molecular complexity index is 908. The maximum absolute atomic E-state index is 13.5. The minimum absolute atomic E-state index is 0.146. The lowest BCUT2D eigenvalue weighted by Crippen LogP contribution is -2.57. The van der Waals surface area contributed by atoms with E-state index in [0.717, 1.165) is 5.56 Å². The zero-order valence-corrected chi connectivity index (χ0v) is 17.8. The average molecular weight is 412 g/mol. The van der Waals surface area contributed by atoms with Crippen LogP contribution in [0.3, 0.4) is 0 Å². The molecule has 0 spiro atoms. The lowest BCUT2D eigenvalue weighted by molar-refractivity contribution is -0.125. The van der Waals surface area contributed by atoms with E-state index in [9.17, 15) is 14.7 Å². The van der Waals surface area contributed by atoms with Crippen molar-refractivity contribution in [1.29, 1.82) is 0 Å². The standard InChI is InChI=1S/C23H28N2O5/c1-23(2,3)25(22(27)28)18(12-10-16-8-6-5-7-9-16)21(26)24(4)17-11-13-19-20(14-17)30-15-29-19/h5-9,11,13-14,18H,10,12,15H2,1-4H3,(H,27,28)/t18-/m0/s1. The van der Waals surface area contributed by atoms with Gasteiger partial charge in [-0.15, -0.1) is 0 Å². The van der Waals surface area contributed by atoms with Crippen molar-refractivity contribution in [2.24, 2.45) is 0 Å². The number of hydrogen-bond acceptors (Lipinski definition) is 4. The molecule has 0 unspecified atom stereocenters. The molecule has 160 valence electrons. The van der Waals surface area contributed by atoms with Crippen molar-refractivity contribution in [3.05, 3.63) is 54.1 Å². The summed E-state index contributed by atoms with van der Waals surface area (Å²) in [5.74, 6) is 0.906. The van der Waals surface area contributed by atoms with E-state index in [1.54, 1.807) is 46.0 Å². The minimum Gasteiger partial charge on any atom is -0.465 e. The number of carboxylic acid groups (broad SMARTS) is 1. The Morgan fingerprint density at radius 3 is 2.37 bits per heavy atom. The van der Waals surface area contributed by atoms with E-state index in [2.05, 4.69) is 0 Å². The number of benzene rings is 2. The highest BCUT2D eigenvalue weighted by molar-refractivity contribution is 5.98. The molecule has 1 heterocycles. The Labute approximate surface area is 176 Å². The predicted octanol–water partition coefficient (Wildman–Crippen LogP) is 4.16. The molecule has 7 heteroatoms. The summed E-state index contributed by atoms with van der Waals surface area (Å²) in [5, 5.41) is 9.92. The number of nitrogens with zero attached hydrogens (tertiary/aromatic N) is 2. The fraction of sp³-hybridized carbons (Fsp3) is 0.391. The van der Waals surface area contributed by atoms with Gasteiger partial charge < -0.3 is 19.5 Å². The van der Waals surface area contributed by atoms with Crippen molar-refractivity contribution in [3.63, 3.8) is 0 Å². The maximum Gasteiger partial charge on any atom is 0.408 e. The van der Waals surface area contributed by atoms with E-state index in [4.69, 9.17) is 9.47 Å². The topological polar surface area (TPSA) is 79.3 Å². The van der Waals surface area contributed by atoms with Gasteiger partial charge in [0.1, 0.15) is 6.04 Å². The molecule has 2 amide bonds. The van der Waals surface area contributed by atoms with Crippen LogP contribution < -0.4 is 14.4 Å². The molecule has 30 heavy (non-hydrogen) atoms. The summed E-state index contributed by atoms with van der Waals surface area (Å²) < 4.78 is 10.7. The first-order valence-electron chi connectivity index (χ1n) is 9.92. The molecule has 2 aromatic carbocycles. The first-order chi connectivity index (χ1) is 14.2. The van der Waals surface area contributed by atoms with Gasteiger partial charge in [0.25, 0.3) is 0 Å². The quantitative estimate of drug-likeness (QED) is 0.771. The molecule has 0 saturated carbocycles. The number of carbonyl (C=O) groups is 2. The van der Waals surface area contributed by atoms with E-state index in [1.165, 1.54) is 9.80 Å². The molecular formula is C23H28N2O5. The molecule has 3 rings (SSSR count). The van der Waals surface area contributed by atoms with Gasteiger partial charge in [-0.25, -0.2) is 4.79 Å². The zero-order chi connectivity index (χ0) is 21.9. The third-order valence-electron chi connectivity index (χ3n) is 5.15. The largest absolute Gasteiger partial charge is 0.465 e. The Hall–Kier alpha value is -3.22. The third kappa shape index (κ3) is 4.67. The molecule has 0 fully saturated rings. The van der Waals surface area contributed by atoms with Gasteiger partial charge in [0, 0.05) is 24.3 Å². The van der Waals surface area contributed by atoms with Gasteiger partial charge in [-0.1, -0.05) is 30.3 Å². The summed E-state index contributed by atoms with van der Waals surface area (Å²) in [6.07, 6.45) is -0.152. The van der Waals surface area contributed by atoms with Crippen LogP contribution in [0.4, 0.5) is 10.5 Å². The molecule has 1 aliphatic rings. The molecule has 0 aliphatic carbocycles. The molecule has 1 aliphatic heterocycles. The Morgan fingerprint density at radius 1 is 1.07 bits per heavy atom. The molecule has 1 atom stereocenters. The van der Waals surface area contributed by atoms with Crippen molar-refractivity contribution in [1.82, 2.24) is 4.90 Å². The minimum atomic E-state index is -1.12. The summed E-state index contributed by atoms with van der Waals surface area (Å²) in [6.45, 7) is 5.53. The van der Waals surface area contributed by atoms with Gasteiger partial charge in [0.15, 0.2) is 11.5 Å². The van der Waals surface area contributed by atoms with E-state index in [-0.39, 0.29) is 12.7 Å².